The molecule has 8 nitrogen and oxygen atoms in total. The highest BCUT2D eigenvalue weighted by molar-refractivity contribution is 5.70. The summed E-state index contributed by atoms with van der Waals surface area (Å²) in [4.78, 5) is 20.6. The van der Waals surface area contributed by atoms with Crippen LogP contribution in [0, 0.1) is 10.1 Å². The first-order valence-corrected chi connectivity index (χ1v) is 3.98. The second-order valence-corrected chi connectivity index (χ2v) is 2.72. The highest BCUT2D eigenvalue weighted by Crippen LogP contribution is 2.24. The second kappa shape index (κ2) is 4.51. The summed E-state index contributed by atoms with van der Waals surface area (Å²) in [6.07, 6.45) is -0.713. The van der Waals surface area contributed by atoms with Crippen molar-refractivity contribution in [2.75, 3.05) is 7.11 Å². The van der Waals surface area contributed by atoms with Crippen molar-refractivity contribution in [3.8, 4) is 0 Å². The molecule has 0 aliphatic rings. The SMILES string of the molecule is COC(=O)C[C@@H](O)c1[nH]ncc1[N+](=O)[O-]. The van der Waals surface area contributed by atoms with Gasteiger partial charge >= 0.3 is 11.7 Å². The summed E-state index contributed by atoms with van der Waals surface area (Å²) in [5.41, 5.74) is -0.461. The number of nitro groups is 1. The zero-order chi connectivity index (χ0) is 11.4. The van der Waals surface area contributed by atoms with Gasteiger partial charge in [0, 0.05) is 0 Å². The van der Waals surface area contributed by atoms with Crippen LogP contribution in [0.5, 0.6) is 0 Å². The standard InChI is InChI=1S/C7H9N3O5/c1-15-6(12)2-5(11)7-4(10(13)14)3-8-9-7/h3,5,11H,2H2,1H3,(H,8,9)/t5-/m1/s1. The van der Waals surface area contributed by atoms with E-state index in [0.29, 0.717) is 0 Å². The maximum atomic E-state index is 10.8. The molecule has 1 heterocycles. The molecule has 1 rings (SSSR count). The van der Waals surface area contributed by atoms with Crippen LogP contribution in [0.3, 0.4) is 0 Å². The fourth-order valence-electron chi connectivity index (χ4n) is 1.02. The predicted octanol–water partition coefficient (Wildman–Crippen LogP) is -0.0856. The molecule has 0 spiro atoms. The van der Waals surface area contributed by atoms with Crippen molar-refractivity contribution in [1.82, 2.24) is 10.2 Å². The molecule has 0 amide bonds. The highest BCUT2D eigenvalue weighted by Gasteiger charge is 2.25. The van der Waals surface area contributed by atoms with Crippen LogP contribution in [0.15, 0.2) is 6.20 Å². The lowest BCUT2D eigenvalue weighted by atomic mass is 10.2. The number of ether oxygens (including phenoxy) is 1. The number of aliphatic hydroxyl groups excluding tert-OH is 1. The Hall–Kier alpha value is -1.96. The fraction of sp³-hybridized carbons (Fsp3) is 0.429. The average molecular weight is 215 g/mol. The van der Waals surface area contributed by atoms with Gasteiger partial charge in [-0.05, 0) is 0 Å². The van der Waals surface area contributed by atoms with E-state index in [9.17, 15) is 20.0 Å². The Kier molecular flexibility index (Phi) is 3.34. The minimum absolute atomic E-state index is 0.106. The van der Waals surface area contributed by atoms with Gasteiger partial charge in [-0.1, -0.05) is 0 Å². The van der Waals surface area contributed by atoms with Gasteiger partial charge in [0.15, 0.2) is 0 Å². The van der Waals surface area contributed by atoms with Gasteiger partial charge in [-0.25, -0.2) is 0 Å². The maximum Gasteiger partial charge on any atom is 0.312 e. The number of rotatable bonds is 4. The zero-order valence-corrected chi connectivity index (χ0v) is 7.84. The average Bonchev–Trinajstić information content (AvgIpc) is 2.65. The third kappa shape index (κ3) is 2.50. The van der Waals surface area contributed by atoms with Gasteiger partial charge in [-0.15, -0.1) is 0 Å². The summed E-state index contributed by atoms with van der Waals surface area (Å²) in [7, 11) is 1.16. The fourth-order valence-corrected chi connectivity index (χ4v) is 1.02. The van der Waals surface area contributed by atoms with Crippen LogP contribution in [-0.2, 0) is 9.53 Å². The molecule has 8 heteroatoms. The number of aromatic nitrogens is 2. The van der Waals surface area contributed by atoms with Gasteiger partial charge in [0.2, 0.25) is 0 Å². The number of methoxy groups -OCH3 is 1. The molecule has 0 fully saturated rings. The number of esters is 1. The lowest BCUT2D eigenvalue weighted by molar-refractivity contribution is -0.386. The number of carbonyl (C=O) groups excluding carboxylic acids is 1. The number of nitrogens with zero attached hydrogens (tertiary/aromatic N) is 2. The van der Waals surface area contributed by atoms with Crippen molar-refractivity contribution in [2.24, 2.45) is 0 Å². The smallest absolute Gasteiger partial charge is 0.312 e. The van der Waals surface area contributed by atoms with Gasteiger partial charge in [-0.2, -0.15) is 5.10 Å². The Morgan fingerprint density at radius 3 is 3.07 bits per heavy atom. The normalized spacial score (nSPS) is 12.1. The number of hydrogen-bond acceptors (Lipinski definition) is 6. The predicted molar refractivity (Wildman–Crippen MR) is 46.8 cm³/mol. The van der Waals surface area contributed by atoms with Crippen LogP contribution in [-0.4, -0.2) is 33.3 Å². The van der Waals surface area contributed by atoms with Gasteiger partial charge in [-0.3, -0.25) is 20.0 Å². The monoisotopic (exact) mass is 215 g/mol. The van der Waals surface area contributed by atoms with Crippen molar-refractivity contribution in [2.45, 2.75) is 12.5 Å². The number of aromatic amines is 1. The van der Waals surface area contributed by atoms with Crippen LogP contribution < -0.4 is 0 Å². The molecule has 0 aliphatic heterocycles. The topological polar surface area (TPSA) is 118 Å². The van der Waals surface area contributed by atoms with E-state index in [4.69, 9.17) is 0 Å². The molecule has 82 valence electrons. The Bertz CT molecular complexity index is 374. The molecule has 0 saturated heterocycles. The maximum absolute atomic E-state index is 10.8. The first-order valence-electron chi connectivity index (χ1n) is 3.98. The van der Waals surface area contributed by atoms with Gasteiger partial charge in [0.05, 0.1) is 18.5 Å². The van der Waals surface area contributed by atoms with E-state index < -0.39 is 17.0 Å². The van der Waals surface area contributed by atoms with Crippen molar-refractivity contribution in [3.05, 3.63) is 22.0 Å². The summed E-state index contributed by atoms with van der Waals surface area (Å²) in [6.45, 7) is 0. The van der Waals surface area contributed by atoms with Crippen LogP contribution in [0.1, 0.15) is 18.2 Å². The molecule has 1 atom stereocenters. The first-order chi connectivity index (χ1) is 7.06. The lowest BCUT2D eigenvalue weighted by Crippen LogP contribution is -2.09. The van der Waals surface area contributed by atoms with E-state index >= 15 is 0 Å². The summed E-state index contributed by atoms with van der Waals surface area (Å²) in [5, 5.41) is 25.6. The Morgan fingerprint density at radius 1 is 1.87 bits per heavy atom. The molecule has 0 unspecified atom stereocenters. The number of H-pyrrole nitrogens is 1. The second-order valence-electron chi connectivity index (χ2n) is 2.72. The van der Waals surface area contributed by atoms with Gasteiger partial charge in [0.1, 0.15) is 18.0 Å². The Balaban J connectivity index is 2.81. The molecule has 1 aromatic rings. The molecule has 2 N–H and O–H groups in total. The molecule has 15 heavy (non-hydrogen) atoms. The molecular formula is C7H9N3O5. The van der Waals surface area contributed by atoms with Crippen molar-refractivity contribution in [1.29, 1.82) is 0 Å². The number of hydrogen-bond donors (Lipinski definition) is 2. The molecule has 0 bridgehead atoms. The van der Waals surface area contributed by atoms with Crippen LogP contribution in [0.2, 0.25) is 0 Å². The molecule has 0 radical (unpaired) electrons. The largest absolute Gasteiger partial charge is 0.469 e. The Morgan fingerprint density at radius 2 is 2.53 bits per heavy atom. The molecule has 0 saturated carbocycles. The van der Waals surface area contributed by atoms with E-state index in [0.717, 1.165) is 13.3 Å². The van der Waals surface area contributed by atoms with Gasteiger partial charge < -0.3 is 9.84 Å². The highest BCUT2D eigenvalue weighted by atomic mass is 16.6. The van der Waals surface area contributed by atoms with Crippen LogP contribution in [0.25, 0.3) is 0 Å². The van der Waals surface area contributed by atoms with E-state index in [1.54, 1.807) is 0 Å². The Labute approximate surface area is 84.0 Å². The van der Waals surface area contributed by atoms with E-state index in [-0.39, 0.29) is 17.8 Å². The third-order valence-corrected chi connectivity index (χ3v) is 1.77. The third-order valence-electron chi connectivity index (χ3n) is 1.77. The van der Waals surface area contributed by atoms with Crippen LogP contribution in [0.4, 0.5) is 5.69 Å². The minimum Gasteiger partial charge on any atom is -0.469 e. The zero-order valence-electron chi connectivity index (χ0n) is 7.84. The molecule has 1 aromatic heterocycles. The van der Waals surface area contributed by atoms with Crippen molar-refractivity contribution >= 4 is 11.7 Å². The summed E-state index contributed by atoms with van der Waals surface area (Å²) >= 11 is 0. The number of carbonyl (C=O) groups is 1. The summed E-state index contributed by atoms with van der Waals surface area (Å²) in [6, 6.07) is 0. The van der Waals surface area contributed by atoms with E-state index in [1.165, 1.54) is 0 Å². The first kappa shape index (κ1) is 11.1. The van der Waals surface area contributed by atoms with E-state index in [2.05, 4.69) is 14.9 Å². The number of nitrogens with one attached hydrogen (secondary N) is 1. The van der Waals surface area contributed by atoms with Crippen molar-refractivity contribution < 1.29 is 19.6 Å². The van der Waals surface area contributed by atoms with Crippen LogP contribution >= 0.6 is 0 Å². The van der Waals surface area contributed by atoms with Crippen molar-refractivity contribution in [3.63, 3.8) is 0 Å². The van der Waals surface area contributed by atoms with Gasteiger partial charge in [0.25, 0.3) is 0 Å². The minimum atomic E-state index is -1.32. The van der Waals surface area contributed by atoms with E-state index in [1.807, 2.05) is 0 Å². The summed E-state index contributed by atoms with van der Waals surface area (Å²) in [5.74, 6) is -0.661. The molecule has 0 aromatic carbocycles. The molecule has 0 aliphatic carbocycles. The number of aliphatic hydroxyl groups is 1. The molecular weight excluding hydrogens is 206 g/mol. The summed E-state index contributed by atoms with van der Waals surface area (Å²) < 4.78 is 4.32. The quantitative estimate of drug-likeness (QED) is 0.411. The lowest BCUT2D eigenvalue weighted by Gasteiger charge is -2.05.